The van der Waals surface area contributed by atoms with Crippen LogP contribution in [-0.4, -0.2) is 11.5 Å². The van der Waals surface area contributed by atoms with Crippen LogP contribution in [0.25, 0.3) is 0 Å². The second-order valence-corrected chi connectivity index (χ2v) is 6.09. The molecule has 5 heteroatoms. The van der Waals surface area contributed by atoms with Gasteiger partial charge in [-0.05, 0) is 50.5 Å². The molecule has 1 aromatic carbocycles. The largest absolute Gasteiger partial charge is 0.397 e. The lowest BCUT2D eigenvalue weighted by molar-refractivity contribution is 0.473. The molecule has 0 radical (unpaired) electrons. The SMILES string of the molecule is Cc1ncc(N)c(C2CCCCN2c2ccc(F)cc2)c1Cl. The van der Waals surface area contributed by atoms with Crippen LogP contribution in [0, 0.1) is 12.7 Å². The molecular formula is C17H19ClFN3. The summed E-state index contributed by atoms with van der Waals surface area (Å²) >= 11 is 6.48. The highest BCUT2D eigenvalue weighted by atomic mass is 35.5. The Morgan fingerprint density at radius 3 is 2.73 bits per heavy atom. The van der Waals surface area contributed by atoms with E-state index < -0.39 is 0 Å². The van der Waals surface area contributed by atoms with Gasteiger partial charge in [-0.1, -0.05) is 11.6 Å². The van der Waals surface area contributed by atoms with Crippen LogP contribution in [0.2, 0.25) is 5.02 Å². The van der Waals surface area contributed by atoms with Gasteiger partial charge in [0, 0.05) is 17.8 Å². The van der Waals surface area contributed by atoms with Crippen molar-refractivity contribution in [1.29, 1.82) is 0 Å². The number of hydrogen-bond donors (Lipinski definition) is 1. The fourth-order valence-electron chi connectivity index (χ4n) is 3.13. The van der Waals surface area contributed by atoms with Gasteiger partial charge in [-0.15, -0.1) is 0 Å². The molecule has 0 spiro atoms. The van der Waals surface area contributed by atoms with Gasteiger partial charge in [0.25, 0.3) is 0 Å². The second kappa shape index (κ2) is 6.13. The first kappa shape index (κ1) is 15.1. The molecule has 0 saturated carbocycles. The molecule has 1 aliphatic heterocycles. The van der Waals surface area contributed by atoms with Crippen LogP contribution in [0.3, 0.4) is 0 Å². The third-order valence-electron chi connectivity index (χ3n) is 4.26. The first-order valence-corrected chi connectivity index (χ1v) is 7.88. The number of aromatic nitrogens is 1. The Balaban J connectivity index is 2.03. The first-order chi connectivity index (χ1) is 10.6. The van der Waals surface area contributed by atoms with Gasteiger partial charge in [-0.25, -0.2) is 4.39 Å². The van der Waals surface area contributed by atoms with Gasteiger partial charge < -0.3 is 10.6 Å². The molecule has 2 aromatic rings. The molecule has 2 heterocycles. The molecule has 1 aromatic heterocycles. The molecule has 1 fully saturated rings. The Hall–Kier alpha value is -1.81. The smallest absolute Gasteiger partial charge is 0.123 e. The number of rotatable bonds is 2. The Kier molecular flexibility index (Phi) is 4.21. The normalized spacial score (nSPS) is 18.5. The average Bonchev–Trinajstić information content (AvgIpc) is 2.53. The molecule has 0 amide bonds. The van der Waals surface area contributed by atoms with Crippen LogP contribution < -0.4 is 10.6 Å². The minimum Gasteiger partial charge on any atom is -0.397 e. The van der Waals surface area contributed by atoms with E-state index in [1.54, 1.807) is 6.20 Å². The van der Waals surface area contributed by atoms with Gasteiger partial charge in [0.05, 0.1) is 28.6 Å². The van der Waals surface area contributed by atoms with Crippen LogP contribution in [0.5, 0.6) is 0 Å². The number of piperidine rings is 1. The van der Waals surface area contributed by atoms with Crippen LogP contribution in [-0.2, 0) is 0 Å². The predicted molar refractivity (Wildman–Crippen MR) is 88.7 cm³/mol. The van der Waals surface area contributed by atoms with E-state index in [0.717, 1.165) is 42.8 Å². The van der Waals surface area contributed by atoms with Gasteiger partial charge in [-0.3, -0.25) is 4.98 Å². The van der Waals surface area contributed by atoms with Gasteiger partial charge in [0.1, 0.15) is 5.82 Å². The van der Waals surface area contributed by atoms with Gasteiger partial charge in [-0.2, -0.15) is 0 Å². The zero-order valence-corrected chi connectivity index (χ0v) is 13.3. The molecular weight excluding hydrogens is 301 g/mol. The average molecular weight is 320 g/mol. The summed E-state index contributed by atoms with van der Waals surface area (Å²) < 4.78 is 13.2. The van der Waals surface area contributed by atoms with E-state index in [-0.39, 0.29) is 11.9 Å². The zero-order chi connectivity index (χ0) is 15.7. The Morgan fingerprint density at radius 1 is 1.27 bits per heavy atom. The summed E-state index contributed by atoms with van der Waals surface area (Å²) in [7, 11) is 0. The van der Waals surface area contributed by atoms with E-state index in [2.05, 4.69) is 9.88 Å². The summed E-state index contributed by atoms with van der Waals surface area (Å²) in [6.07, 6.45) is 4.88. The highest BCUT2D eigenvalue weighted by Crippen LogP contribution is 2.41. The fraction of sp³-hybridized carbons (Fsp3) is 0.353. The van der Waals surface area contributed by atoms with Gasteiger partial charge >= 0.3 is 0 Å². The maximum atomic E-state index is 13.2. The molecule has 3 rings (SSSR count). The van der Waals surface area contributed by atoms with Gasteiger partial charge in [0.15, 0.2) is 0 Å². The quantitative estimate of drug-likeness (QED) is 0.886. The van der Waals surface area contributed by atoms with Crippen LogP contribution >= 0.6 is 11.6 Å². The topological polar surface area (TPSA) is 42.1 Å². The molecule has 1 aliphatic rings. The van der Waals surface area contributed by atoms with Crippen molar-refractivity contribution in [3.63, 3.8) is 0 Å². The molecule has 116 valence electrons. The molecule has 1 saturated heterocycles. The van der Waals surface area contributed by atoms with E-state index in [4.69, 9.17) is 17.3 Å². The minimum absolute atomic E-state index is 0.105. The molecule has 0 aliphatic carbocycles. The third-order valence-corrected chi connectivity index (χ3v) is 4.73. The lowest BCUT2D eigenvalue weighted by Crippen LogP contribution is -2.34. The number of nitrogens with two attached hydrogens (primary N) is 1. The highest BCUT2D eigenvalue weighted by Gasteiger charge is 2.28. The van der Waals surface area contributed by atoms with Crippen molar-refractivity contribution >= 4 is 23.0 Å². The number of nitrogen functional groups attached to an aromatic ring is 1. The van der Waals surface area contributed by atoms with Crippen molar-refractivity contribution < 1.29 is 4.39 Å². The van der Waals surface area contributed by atoms with Crippen molar-refractivity contribution in [2.24, 2.45) is 0 Å². The molecule has 2 N–H and O–H groups in total. The van der Waals surface area contributed by atoms with Crippen LogP contribution in [0.4, 0.5) is 15.8 Å². The van der Waals surface area contributed by atoms with Crippen molar-refractivity contribution in [2.75, 3.05) is 17.2 Å². The summed E-state index contributed by atoms with van der Waals surface area (Å²) in [6, 6.07) is 6.71. The summed E-state index contributed by atoms with van der Waals surface area (Å²) in [5.41, 5.74) is 9.50. The van der Waals surface area contributed by atoms with Gasteiger partial charge in [0.2, 0.25) is 0 Å². The Morgan fingerprint density at radius 2 is 2.00 bits per heavy atom. The summed E-state index contributed by atoms with van der Waals surface area (Å²) in [6.45, 7) is 2.80. The van der Waals surface area contributed by atoms with Crippen LogP contribution in [0.15, 0.2) is 30.5 Å². The Labute approximate surface area is 134 Å². The van der Waals surface area contributed by atoms with E-state index in [9.17, 15) is 4.39 Å². The molecule has 0 bridgehead atoms. The number of hydrogen-bond acceptors (Lipinski definition) is 3. The van der Waals surface area contributed by atoms with Crippen molar-refractivity contribution in [3.8, 4) is 0 Å². The van der Waals surface area contributed by atoms with Crippen LogP contribution in [0.1, 0.15) is 36.6 Å². The predicted octanol–water partition coefficient (Wildman–Crippen LogP) is 4.50. The highest BCUT2D eigenvalue weighted by molar-refractivity contribution is 6.32. The molecule has 1 unspecified atom stereocenters. The maximum absolute atomic E-state index is 13.2. The van der Waals surface area contributed by atoms with Crippen molar-refractivity contribution in [3.05, 3.63) is 52.6 Å². The maximum Gasteiger partial charge on any atom is 0.123 e. The number of anilines is 2. The lowest BCUT2D eigenvalue weighted by Gasteiger charge is -2.38. The first-order valence-electron chi connectivity index (χ1n) is 7.50. The monoisotopic (exact) mass is 319 g/mol. The number of halogens is 2. The third kappa shape index (κ3) is 2.75. The fourth-order valence-corrected chi connectivity index (χ4v) is 3.41. The Bertz CT molecular complexity index is 672. The van der Waals surface area contributed by atoms with E-state index in [1.165, 1.54) is 12.1 Å². The van der Waals surface area contributed by atoms with E-state index in [1.807, 2.05) is 19.1 Å². The molecule has 3 nitrogen and oxygen atoms in total. The number of pyridine rings is 1. The summed E-state index contributed by atoms with van der Waals surface area (Å²) in [4.78, 5) is 6.48. The van der Waals surface area contributed by atoms with E-state index in [0.29, 0.717) is 10.7 Å². The molecule has 22 heavy (non-hydrogen) atoms. The van der Waals surface area contributed by atoms with E-state index >= 15 is 0 Å². The number of benzene rings is 1. The summed E-state index contributed by atoms with van der Waals surface area (Å²) in [5.74, 6) is -0.227. The second-order valence-electron chi connectivity index (χ2n) is 5.71. The molecule has 1 atom stereocenters. The lowest BCUT2D eigenvalue weighted by atomic mass is 9.93. The summed E-state index contributed by atoms with van der Waals surface area (Å²) in [5, 5.41) is 0.638. The number of nitrogens with zero attached hydrogens (tertiary/aromatic N) is 2. The minimum atomic E-state index is -0.227. The standard InChI is InChI=1S/C17H19ClFN3/c1-11-17(18)16(14(20)10-21-11)15-4-2-3-9-22(15)13-7-5-12(19)6-8-13/h5-8,10,15H,2-4,9,20H2,1H3. The van der Waals surface area contributed by atoms with Crippen molar-refractivity contribution in [2.45, 2.75) is 32.2 Å². The number of aryl methyl sites for hydroxylation is 1. The van der Waals surface area contributed by atoms with Crippen molar-refractivity contribution in [1.82, 2.24) is 4.98 Å². The zero-order valence-electron chi connectivity index (χ0n) is 12.5.